The van der Waals surface area contributed by atoms with Crippen LogP contribution < -0.4 is 0 Å². The van der Waals surface area contributed by atoms with Crippen molar-refractivity contribution < 1.29 is 15.0 Å². The van der Waals surface area contributed by atoms with Gasteiger partial charge in [0.1, 0.15) is 0 Å². The molecule has 0 aliphatic rings. The van der Waals surface area contributed by atoms with Gasteiger partial charge in [0, 0.05) is 12.2 Å². The summed E-state index contributed by atoms with van der Waals surface area (Å²) in [5.41, 5.74) is 0.375. The van der Waals surface area contributed by atoms with Crippen molar-refractivity contribution in [2.45, 2.75) is 40.0 Å². The number of aliphatic hydroxyl groups is 1. The molecule has 3 nitrogen and oxygen atoms in total. The molecule has 0 heterocycles. The summed E-state index contributed by atoms with van der Waals surface area (Å²) in [4.78, 5) is 10.7. The molecule has 15 heavy (non-hydrogen) atoms. The second-order valence-corrected chi connectivity index (χ2v) is 3.96. The Labute approximate surface area is 91.8 Å². The first kappa shape index (κ1) is 14.2. The largest absolute Gasteiger partial charge is 0.478 e. The predicted octanol–water partition coefficient (Wildman–Crippen LogP) is 2.45. The molecule has 0 aliphatic carbocycles. The van der Waals surface area contributed by atoms with Gasteiger partial charge in [-0.2, -0.15) is 0 Å². The van der Waals surface area contributed by atoms with E-state index in [-0.39, 0.29) is 18.4 Å². The topological polar surface area (TPSA) is 57.5 Å². The second kappa shape index (κ2) is 7.46. The van der Waals surface area contributed by atoms with Gasteiger partial charge in [-0.3, -0.25) is 0 Å². The molecule has 0 fully saturated rings. The molecule has 0 saturated heterocycles. The van der Waals surface area contributed by atoms with E-state index >= 15 is 0 Å². The third-order valence-electron chi connectivity index (χ3n) is 2.79. The molecule has 0 aliphatic heterocycles. The standard InChI is InChI=1S/C12H22O3/c1-4-6-11(10(5-2)8-13)7-9(3)12(14)15/h7,10-11,13H,4-6,8H2,1-3H3,(H,14,15). The first-order chi connectivity index (χ1) is 7.06. The van der Waals surface area contributed by atoms with Crippen LogP contribution >= 0.6 is 0 Å². The molecule has 0 aromatic carbocycles. The number of carbonyl (C=O) groups is 1. The first-order valence-electron chi connectivity index (χ1n) is 5.59. The summed E-state index contributed by atoms with van der Waals surface area (Å²) in [5.74, 6) is -0.510. The Morgan fingerprint density at radius 1 is 1.40 bits per heavy atom. The fraction of sp³-hybridized carbons (Fsp3) is 0.750. The van der Waals surface area contributed by atoms with Gasteiger partial charge in [0.25, 0.3) is 0 Å². The zero-order valence-corrected chi connectivity index (χ0v) is 9.86. The minimum Gasteiger partial charge on any atom is -0.478 e. The predicted molar refractivity (Wildman–Crippen MR) is 60.7 cm³/mol. The lowest BCUT2D eigenvalue weighted by atomic mass is 9.86. The number of hydrogen-bond acceptors (Lipinski definition) is 2. The number of allylic oxidation sites excluding steroid dienone is 1. The molecular weight excluding hydrogens is 192 g/mol. The van der Waals surface area contributed by atoms with E-state index in [1.807, 2.05) is 6.92 Å². The lowest BCUT2D eigenvalue weighted by Gasteiger charge is -2.21. The van der Waals surface area contributed by atoms with Gasteiger partial charge in [-0.05, 0) is 25.2 Å². The fourth-order valence-electron chi connectivity index (χ4n) is 1.75. The number of hydrogen-bond donors (Lipinski definition) is 2. The fourth-order valence-corrected chi connectivity index (χ4v) is 1.75. The average molecular weight is 214 g/mol. The number of aliphatic carboxylic acids is 1. The highest BCUT2D eigenvalue weighted by Crippen LogP contribution is 2.23. The van der Waals surface area contributed by atoms with Crippen molar-refractivity contribution in [3.05, 3.63) is 11.6 Å². The number of rotatable bonds is 7. The van der Waals surface area contributed by atoms with Gasteiger partial charge in [0.05, 0.1) is 0 Å². The highest BCUT2D eigenvalue weighted by Gasteiger charge is 2.17. The van der Waals surface area contributed by atoms with Gasteiger partial charge in [-0.1, -0.05) is 32.8 Å². The minimum atomic E-state index is -0.871. The van der Waals surface area contributed by atoms with E-state index in [2.05, 4.69) is 6.92 Å². The van der Waals surface area contributed by atoms with E-state index in [0.717, 1.165) is 19.3 Å². The molecule has 2 atom stereocenters. The number of aliphatic hydroxyl groups excluding tert-OH is 1. The molecule has 2 N–H and O–H groups in total. The molecule has 0 amide bonds. The highest BCUT2D eigenvalue weighted by molar-refractivity contribution is 5.85. The molecule has 88 valence electrons. The quantitative estimate of drug-likeness (QED) is 0.640. The number of carboxylic acids is 1. The van der Waals surface area contributed by atoms with Crippen LogP contribution in [0.3, 0.4) is 0 Å². The first-order valence-corrected chi connectivity index (χ1v) is 5.59. The van der Waals surface area contributed by atoms with Crippen molar-refractivity contribution in [1.29, 1.82) is 0 Å². The maximum absolute atomic E-state index is 10.7. The Morgan fingerprint density at radius 2 is 2.00 bits per heavy atom. The second-order valence-electron chi connectivity index (χ2n) is 3.96. The Balaban J connectivity index is 4.64. The molecule has 0 saturated carbocycles. The Bertz CT molecular complexity index is 217. The van der Waals surface area contributed by atoms with Crippen LogP contribution in [-0.4, -0.2) is 22.8 Å². The van der Waals surface area contributed by atoms with Crippen LogP contribution in [0.15, 0.2) is 11.6 Å². The van der Waals surface area contributed by atoms with Gasteiger partial charge in [0.15, 0.2) is 0 Å². The summed E-state index contributed by atoms with van der Waals surface area (Å²) in [6, 6.07) is 0. The summed E-state index contributed by atoms with van der Waals surface area (Å²) in [5, 5.41) is 18.0. The third-order valence-corrected chi connectivity index (χ3v) is 2.79. The van der Waals surface area contributed by atoms with E-state index in [1.54, 1.807) is 13.0 Å². The van der Waals surface area contributed by atoms with E-state index < -0.39 is 5.97 Å². The highest BCUT2D eigenvalue weighted by atomic mass is 16.4. The van der Waals surface area contributed by atoms with Crippen LogP contribution in [0.25, 0.3) is 0 Å². The van der Waals surface area contributed by atoms with Crippen molar-refractivity contribution >= 4 is 5.97 Å². The summed E-state index contributed by atoms with van der Waals surface area (Å²) in [7, 11) is 0. The van der Waals surface area contributed by atoms with Gasteiger partial charge in [-0.15, -0.1) is 0 Å². The molecule has 0 aromatic heterocycles. The van der Waals surface area contributed by atoms with Crippen LogP contribution in [0.1, 0.15) is 40.0 Å². The summed E-state index contributed by atoms with van der Waals surface area (Å²) >= 11 is 0. The summed E-state index contributed by atoms with van der Waals surface area (Å²) < 4.78 is 0. The average Bonchev–Trinajstić information content (AvgIpc) is 2.19. The van der Waals surface area contributed by atoms with Crippen LogP contribution in [0.5, 0.6) is 0 Å². The van der Waals surface area contributed by atoms with Gasteiger partial charge >= 0.3 is 5.97 Å². The Hall–Kier alpha value is -0.830. The molecule has 0 bridgehead atoms. The van der Waals surface area contributed by atoms with E-state index in [1.165, 1.54) is 0 Å². The smallest absolute Gasteiger partial charge is 0.330 e. The molecule has 0 rings (SSSR count). The summed E-state index contributed by atoms with van der Waals surface area (Å²) in [6.45, 7) is 5.83. The normalized spacial score (nSPS) is 16.1. The van der Waals surface area contributed by atoms with Crippen molar-refractivity contribution in [3.63, 3.8) is 0 Å². The Morgan fingerprint density at radius 3 is 2.33 bits per heavy atom. The SMILES string of the molecule is CCCC(C=C(C)C(=O)O)C(CC)CO. The minimum absolute atomic E-state index is 0.130. The molecule has 0 spiro atoms. The van der Waals surface area contributed by atoms with E-state index in [0.29, 0.717) is 5.57 Å². The van der Waals surface area contributed by atoms with E-state index in [9.17, 15) is 9.90 Å². The third kappa shape index (κ3) is 4.98. The van der Waals surface area contributed by atoms with Crippen LogP contribution in [-0.2, 0) is 4.79 Å². The van der Waals surface area contributed by atoms with Crippen molar-refractivity contribution in [2.24, 2.45) is 11.8 Å². The maximum atomic E-state index is 10.7. The van der Waals surface area contributed by atoms with Gasteiger partial charge in [0.2, 0.25) is 0 Å². The zero-order chi connectivity index (χ0) is 11.8. The summed E-state index contributed by atoms with van der Waals surface area (Å²) in [6.07, 6.45) is 4.61. The van der Waals surface area contributed by atoms with Crippen LogP contribution in [0.2, 0.25) is 0 Å². The lowest BCUT2D eigenvalue weighted by Crippen LogP contribution is -2.17. The van der Waals surface area contributed by atoms with Gasteiger partial charge in [-0.25, -0.2) is 4.79 Å². The monoisotopic (exact) mass is 214 g/mol. The maximum Gasteiger partial charge on any atom is 0.330 e. The van der Waals surface area contributed by atoms with Crippen LogP contribution in [0, 0.1) is 11.8 Å². The van der Waals surface area contributed by atoms with Gasteiger partial charge < -0.3 is 10.2 Å². The molecule has 0 aromatic rings. The Kier molecular flexibility index (Phi) is 7.05. The van der Waals surface area contributed by atoms with E-state index in [4.69, 9.17) is 5.11 Å². The molecule has 3 heteroatoms. The van der Waals surface area contributed by atoms with Crippen LogP contribution in [0.4, 0.5) is 0 Å². The molecular formula is C12H22O3. The lowest BCUT2D eigenvalue weighted by molar-refractivity contribution is -0.132. The van der Waals surface area contributed by atoms with Crippen molar-refractivity contribution in [1.82, 2.24) is 0 Å². The van der Waals surface area contributed by atoms with Crippen molar-refractivity contribution in [3.8, 4) is 0 Å². The van der Waals surface area contributed by atoms with Crippen molar-refractivity contribution in [2.75, 3.05) is 6.61 Å². The molecule has 0 radical (unpaired) electrons. The number of carboxylic acid groups (broad SMARTS) is 1. The molecule has 2 unspecified atom stereocenters. The zero-order valence-electron chi connectivity index (χ0n) is 9.86.